The van der Waals surface area contributed by atoms with E-state index in [0.29, 0.717) is 11.1 Å². The van der Waals surface area contributed by atoms with Crippen molar-refractivity contribution in [2.75, 3.05) is 51.2 Å². The number of amides is 13. The number of aliphatic carboxylic acids is 1. The van der Waals surface area contributed by atoms with E-state index < -0.39 is 289 Å². The van der Waals surface area contributed by atoms with Gasteiger partial charge in [0.05, 0.1) is 78.2 Å². The number of aliphatic hydroxyl groups is 3. The molecule has 7 aliphatic rings. The van der Waals surface area contributed by atoms with Crippen molar-refractivity contribution in [3.63, 3.8) is 0 Å². The summed E-state index contributed by atoms with van der Waals surface area (Å²) in [6.07, 6.45) is -14.5. The Morgan fingerprint density at radius 2 is 1.16 bits per heavy atom. The van der Waals surface area contributed by atoms with E-state index in [0.717, 1.165) is 27.7 Å². The number of carboxylic acids is 1. The van der Waals surface area contributed by atoms with E-state index in [4.69, 9.17) is 60.8 Å². The van der Waals surface area contributed by atoms with Gasteiger partial charge in [-0.3, -0.25) is 76.8 Å². The molecule has 0 saturated carbocycles. The van der Waals surface area contributed by atoms with Crippen LogP contribution in [0.3, 0.4) is 0 Å². The van der Waals surface area contributed by atoms with E-state index in [-0.39, 0.29) is 81.5 Å². The topological polar surface area (TPSA) is 738 Å². The van der Waals surface area contributed by atoms with Crippen LogP contribution in [0, 0.1) is 5.92 Å². The molecule has 4 heterocycles. The Hall–Kier alpha value is -14.6. The number of carbonyl (C=O) groups excluding carboxylic acids is 18. The molecular formula is C83H95N15O33. The van der Waals surface area contributed by atoms with Gasteiger partial charge in [-0.2, -0.15) is 0 Å². The quantitative estimate of drug-likeness (QED) is 0.00590. The van der Waals surface area contributed by atoms with Gasteiger partial charge in [-0.1, -0.05) is 36.4 Å². The molecule has 48 nitrogen and oxygen atoms in total. The van der Waals surface area contributed by atoms with Crippen molar-refractivity contribution in [3.8, 4) is 17.2 Å². The summed E-state index contributed by atoms with van der Waals surface area (Å²) in [6.45, 7) is 3.51. The minimum atomic E-state index is -2.48. The average Bonchev–Trinajstić information content (AvgIpc) is 1.48. The number of nitrogens with two attached hydrogens (primary N) is 4. The minimum Gasteiger partial charge on any atom is -0.507 e. The maximum atomic E-state index is 14.1. The number of anilines is 2. The number of ketones is 5. The molecule has 3 fully saturated rings. The van der Waals surface area contributed by atoms with Gasteiger partial charge >= 0.3 is 24.2 Å². The number of Topliss-reactive ketones (excluding diaryl/α,β-unsaturated/α-hetero) is 3. The molecule has 23 N–H and O–H groups in total. The summed E-state index contributed by atoms with van der Waals surface area (Å²) in [5.41, 5.74) is 16.3. The number of methoxy groups -OCH3 is 2. The van der Waals surface area contributed by atoms with E-state index in [1.165, 1.54) is 99.7 Å². The lowest BCUT2D eigenvalue weighted by Crippen LogP contribution is -2.58. The van der Waals surface area contributed by atoms with Gasteiger partial charge < -0.3 is 144 Å². The smallest absolute Gasteiger partial charge is 0.410 e. The number of carboxylic acid groups (broad SMARTS) is 1. The molecule has 700 valence electrons. The number of ether oxygens (including phenoxy) is 8. The Kier molecular flexibility index (Phi) is 29.3. The molecule has 0 bridgehead atoms. The highest BCUT2D eigenvalue weighted by molar-refractivity contribution is 6.31. The molecule has 48 heteroatoms. The fraction of sp³-hybridized carbons (Fsp3) is 0.434. The van der Waals surface area contributed by atoms with Crippen molar-refractivity contribution in [2.24, 2.45) is 28.9 Å². The number of piperazine rings is 1. The molecule has 3 saturated heterocycles. The van der Waals surface area contributed by atoms with E-state index >= 15 is 0 Å². The molecule has 17 atom stereocenters. The van der Waals surface area contributed by atoms with Crippen molar-refractivity contribution in [1.82, 2.24) is 47.0 Å². The number of carbonyl (C=O) groups is 19. The molecule has 13 amide bonds. The van der Waals surface area contributed by atoms with E-state index in [9.17, 15) is 122 Å². The highest BCUT2D eigenvalue weighted by Gasteiger charge is 2.78. The van der Waals surface area contributed by atoms with Gasteiger partial charge in [0, 0.05) is 72.1 Å². The van der Waals surface area contributed by atoms with Crippen LogP contribution in [0.15, 0.2) is 89.3 Å². The summed E-state index contributed by atoms with van der Waals surface area (Å²) in [7, 11) is 2.55. The standard InChI is InChI=1S/C83H95N15O33/c1-31-60(86)68(111)57-43(29-127-79(87)120)83(125-8)70-47(25-97(83)61(57)62(31)105)98(70)81(122)129-28-38-14-18-40(19-15-38)93-76(117)46(21-52(85)102)95-74(115)35(5)89-72(113)33(3)91-78(119)69(126-30-53(103)104)77(118)90-32(2)71(112)88-34(4)73(114)94-45(20-51(84)101)75(116)92-39-16-12-37(13-17-39)27-128-80(121)96-44-22-54(130-36(6)63(44)106)131-49-24-82(123,50(100)26-99)23-42-56(49)67(110)59-58(65(42)108)64(107)41-10-9-11-48(124-7)55(41)66(59)109/h9-19,32-36,43-47,49,54,63,69-70,99,106,108,110,123H,20-30,86H2,1-8H3,(H2,84,101)(H2,85,102)(H2,87,120)(H,88,112)(H,89,113)(H,90,118)(H,91,119)(H,92,116)(H,93,117)(H,94,114)(H,95,115)(H,96,121)(H,103,104)/t32-,33-,34-,35-,36-,43+,44-,45-,46-,47-,49-,54-,63+,69?,70?,82-,83+,98?/m0/s1. The summed E-state index contributed by atoms with van der Waals surface area (Å²) < 4.78 is 44.7. The molecule has 0 radical (unpaired) electrons. The second-order valence-electron chi connectivity index (χ2n) is 31.8. The second-order valence-corrected chi connectivity index (χ2v) is 31.8. The number of allylic oxidation sites excluding steroid dienone is 2. The average molecular weight is 1830 g/mol. The molecule has 0 aromatic heterocycles. The zero-order valence-corrected chi connectivity index (χ0v) is 71.2. The number of phenols is 2. The lowest BCUT2D eigenvalue weighted by molar-refractivity contribution is -0.249. The first-order valence-corrected chi connectivity index (χ1v) is 40.5. The van der Waals surface area contributed by atoms with Crippen LogP contribution in [-0.2, 0) is 120 Å². The van der Waals surface area contributed by atoms with Gasteiger partial charge in [-0.05, 0) is 83.0 Å². The van der Waals surface area contributed by atoms with E-state index in [2.05, 4.69) is 47.9 Å². The highest BCUT2D eigenvalue weighted by atomic mass is 16.7. The van der Waals surface area contributed by atoms with E-state index in [1.807, 2.05) is 0 Å². The maximum Gasteiger partial charge on any atom is 0.410 e. The normalized spacial score (nSPS) is 23.0. The molecule has 0 spiro atoms. The first kappa shape index (κ1) is 97.0. The number of aromatic hydroxyl groups is 2. The summed E-state index contributed by atoms with van der Waals surface area (Å²) in [6, 6.07) is 2.89. The Morgan fingerprint density at radius 3 is 1.66 bits per heavy atom. The third kappa shape index (κ3) is 20.3. The number of hydrogen-bond donors (Lipinski definition) is 19. The molecule has 11 rings (SSSR count). The Balaban J connectivity index is 0.616. The van der Waals surface area contributed by atoms with Gasteiger partial charge in [-0.15, -0.1) is 0 Å². The van der Waals surface area contributed by atoms with Crippen LogP contribution >= 0.6 is 0 Å². The first-order valence-electron chi connectivity index (χ1n) is 40.5. The van der Waals surface area contributed by atoms with Crippen molar-refractivity contribution < 1.29 is 160 Å². The van der Waals surface area contributed by atoms with Crippen LogP contribution in [0.1, 0.15) is 127 Å². The summed E-state index contributed by atoms with van der Waals surface area (Å²) in [4.78, 5) is 254. The fourth-order valence-corrected chi connectivity index (χ4v) is 16.3. The van der Waals surface area contributed by atoms with Crippen LogP contribution < -0.4 is 75.5 Å². The van der Waals surface area contributed by atoms with Crippen molar-refractivity contribution in [1.29, 1.82) is 0 Å². The molecule has 4 aromatic rings. The summed E-state index contributed by atoms with van der Waals surface area (Å²) >= 11 is 0. The SMILES string of the molecule is COc1cccc2c1C(=O)c1c(O)c3c(c(O)c1C2=O)C[C@@](O)(C(=O)CO)C[C@@H]3O[C@H]1C[C@H](NC(=O)OCc2ccc(NC(=O)[C@H](CC(N)=O)NC(=O)[C@H](C)NC(=O)[C@H](C)NC(=O)C(OCC(=O)O)C(=O)N[C@@H](C)C(=O)N[C@@H](C)C(=O)N[C@@H](CC(N)=O)C(=O)Nc3ccc(COC(=O)N4C5[C@@H]4CN4C6=C(C(=O)C(N)=C(C)C6=O)[C@@H](COC(N)=O)[C@@]54OC)cc3)cc2)[C@H](O)[C@H](C)O1. The predicted octanol–water partition coefficient (Wildman–Crippen LogP) is -4.53. The zero-order chi connectivity index (χ0) is 96.2. The van der Waals surface area contributed by atoms with Crippen LogP contribution in [0.25, 0.3) is 0 Å². The molecule has 131 heavy (non-hydrogen) atoms. The van der Waals surface area contributed by atoms with Crippen molar-refractivity contribution in [2.45, 2.75) is 183 Å². The first-order chi connectivity index (χ1) is 61.8. The molecule has 3 aliphatic carbocycles. The monoisotopic (exact) mass is 1830 g/mol. The molecule has 4 aromatic carbocycles. The van der Waals surface area contributed by atoms with Crippen LogP contribution in [-0.4, -0.2) is 284 Å². The summed E-state index contributed by atoms with van der Waals surface area (Å²) in [5.74, 6) is -20.1. The zero-order valence-electron chi connectivity index (χ0n) is 71.2. The lowest BCUT2D eigenvalue weighted by Gasteiger charge is -2.42. The Morgan fingerprint density at radius 1 is 0.641 bits per heavy atom. The fourth-order valence-electron chi connectivity index (χ4n) is 16.3. The Bertz CT molecular complexity index is 5470. The highest BCUT2D eigenvalue weighted by Crippen LogP contribution is 2.60. The number of nitrogens with one attached hydrogen (secondary N) is 9. The van der Waals surface area contributed by atoms with Gasteiger partial charge in [0.1, 0.15) is 104 Å². The van der Waals surface area contributed by atoms with Gasteiger partial charge in [0.2, 0.25) is 70.7 Å². The van der Waals surface area contributed by atoms with Crippen LogP contribution in [0.4, 0.5) is 25.8 Å². The molecular weight excluding hydrogens is 1730 g/mol. The minimum absolute atomic E-state index is 0.00674. The van der Waals surface area contributed by atoms with E-state index in [1.54, 1.807) is 4.90 Å². The number of rotatable bonds is 36. The molecule has 4 aliphatic heterocycles. The summed E-state index contributed by atoms with van der Waals surface area (Å²) in [5, 5.41) is 86.7. The number of aliphatic hydroxyl groups excluding tert-OH is 2. The predicted molar refractivity (Wildman–Crippen MR) is 439 cm³/mol. The van der Waals surface area contributed by atoms with Gasteiger partial charge in [0.15, 0.2) is 23.6 Å². The Labute approximate surface area is 741 Å². The number of benzene rings is 4. The number of hydrogen-bond acceptors (Lipinski definition) is 34. The molecule has 2 unspecified atom stereocenters. The van der Waals surface area contributed by atoms with Crippen molar-refractivity contribution >= 4 is 124 Å². The number of alkyl carbamates (subject to hydrolysis) is 1. The number of fused-ring (bicyclic) bond motifs is 7. The van der Waals surface area contributed by atoms with Crippen molar-refractivity contribution in [3.05, 3.63) is 134 Å². The van der Waals surface area contributed by atoms with Crippen LogP contribution in [0.5, 0.6) is 17.2 Å². The van der Waals surface area contributed by atoms with Crippen LogP contribution in [0.2, 0.25) is 0 Å². The third-order valence-corrected chi connectivity index (χ3v) is 23.1. The number of primary amides is 3. The van der Waals surface area contributed by atoms with Gasteiger partial charge in [0.25, 0.3) is 11.8 Å². The number of phenolic OH excluding ortho intramolecular Hbond substituents is 2. The largest absolute Gasteiger partial charge is 0.507 e. The second kappa shape index (κ2) is 39.6. The third-order valence-electron chi connectivity index (χ3n) is 23.1. The lowest BCUT2D eigenvalue weighted by atomic mass is 9.72. The maximum absolute atomic E-state index is 14.1. The number of nitrogens with zero attached hydrogens (tertiary/aromatic N) is 2. The van der Waals surface area contributed by atoms with Gasteiger partial charge in [-0.25, -0.2) is 19.2 Å².